The zero-order valence-corrected chi connectivity index (χ0v) is 22.8. The van der Waals surface area contributed by atoms with Crippen LogP contribution in [-0.4, -0.2) is 96.6 Å². The van der Waals surface area contributed by atoms with Gasteiger partial charge in [-0.05, 0) is 56.4 Å². The van der Waals surface area contributed by atoms with Gasteiger partial charge in [0.05, 0.1) is 16.1 Å². The van der Waals surface area contributed by atoms with E-state index in [0.29, 0.717) is 55.6 Å². The number of carbonyl (C=O) groups excluding carboxylic acids is 2. The van der Waals surface area contributed by atoms with Crippen LogP contribution >= 0.6 is 23.2 Å². The number of halogens is 2. The van der Waals surface area contributed by atoms with E-state index >= 15 is 0 Å². The Bertz CT molecular complexity index is 946. The lowest BCUT2D eigenvalue weighted by Crippen LogP contribution is -2.63. The molecule has 1 aromatic rings. The second kappa shape index (κ2) is 13.2. The van der Waals surface area contributed by atoms with E-state index in [1.54, 1.807) is 43.4 Å². The van der Waals surface area contributed by atoms with Gasteiger partial charge in [-0.15, -0.1) is 0 Å². The molecule has 36 heavy (non-hydrogen) atoms. The van der Waals surface area contributed by atoms with Crippen LogP contribution in [0.5, 0.6) is 0 Å². The predicted octanol–water partition coefficient (Wildman–Crippen LogP) is 3.64. The second-order valence-electron chi connectivity index (χ2n) is 9.41. The van der Waals surface area contributed by atoms with Crippen molar-refractivity contribution in [2.24, 2.45) is 0 Å². The predicted molar refractivity (Wildman–Crippen MR) is 141 cm³/mol. The number of unbranched alkanes of at least 4 members (excludes halogenated alkanes) is 1. The highest BCUT2D eigenvalue weighted by Crippen LogP contribution is 2.33. The highest BCUT2D eigenvalue weighted by molar-refractivity contribution is 6.42. The van der Waals surface area contributed by atoms with Crippen LogP contribution in [0.4, 0.5) is 0 Å². The Balaban J connectivity index is 1.49. The Hall–Kier alpha value is -1.68. The number of rotatable bonds is 9. The summed E-state index contributed by atoms with van der Waals surface area (Å²) < 4.78 is 11.3. The van der Waals surface area contributed by atoms with Crippen LogP contribution in [0.3, 0.4) is 0 Å². The normalized spacial score (nSPS) is 26.0. The van der Waals surface area contributed by atoms with Gasteiger partial charge in [0.25, 0.3) is 0 Å². The molecule has 3 unspecified atom stereocenters. The summed E-state index contributed by atoms with van der Waals surface area (Å²) in [6.45, 7) is 4.59. The summed E-state index contributed by atoms with van der Waals surface area (Å²) in [5.74, 6) is -0.0764. The van der Waals surface area contributed by atoms with Crippen LogP contribution in [0.25, 0.3) is 6.08 Å². The first kappa shape index (κ1) is 28.9. The fraction of sp³-hybridized carbons (Fsp3) is 0.615. The van der Waals surface area contributed by atoms with Gasteiger partial charge < -0.3 is 24.4 Å². The summed E-state index contributed by atoms with van der Waals surface area (Å²) >= 11 is 12.0. The molecule has 0 saturated carbocycles. The van der Waals surface area contributed by atoms with E-state index in [1.807, 2.05) is 11.8 Å². The van der Waals surface area contributed by atoms with E-state index in [9.17, 15) is 14.7 Å². The molecule has 0 radical (unpaired) electrons. The molecule has 3 atom stereocenters. The first-order valence-corrected chi connectivity index (χ1v) is 13.2. The molecule has 1 N–H and O–H groups in total. The van der Waals surface area contributed by atoms with E-state index < -0.39 is 11.8 Å². The number of likely N-dealkylation sites (tertiary alicyclic amines) is 1. The summed E-state index contributed by atoms with van der Waals surface area (Å²) in [6.07, 6.45) is 5.80. The van der Waals surface area contributed by atoms with Gasteiger partial charge in [0.15, 0.2) is 0 Å². The molecule has 10 heteroatoms. The maximum absolute atomic E-state index is 12.7. The monoisotopic (exact) mass is 541 g/mol. The van der Waals surface area contributed by atoms with Gasteiger partial charge >= 0.3 is 0 Å². The maximum atomic E-state index is 12.7. The van der Waals surface area contributed by atoms with Gasteiger partial charge in [0.1, 0.15) is 12.0 Å². The number of methoxy groups -OCH3 is 2. The van der Waals surface area contributed by atoms with Crippen molar-refractivity contribution in [1.29, 1.82) is 0 Å². The van der Waals surface area contributed by atoms with Gasteiger partial charge in [-0.1, -0.05) is 29.3 Å². The number of benzene rings is 1. The topological polar surface area (TPSA) is 82.6 Å². The summed E-state index contributed by atoms with van der Waals surface area (Å²) in [6, 6.07) is 5.19. The molecule has 2 aliphatic heterocycles. The van der Waals surface area contributed by atoms with Gasteiger partial charge in [-0.3, -0.25) is 9.59 Å². The van der Waals surface area contributed by atoms with Crippen LogP contribution in [0.1, 0.15) is 44.6 Å². The molecule has 3 rings (SSSR count). The first-order valence-electron chi connectivity index (χ1n) is 12.4. The first-order chi connectivity index (χ1) is 17.2. The Labute approximate surface area is 223 Å². The molecule has 2 heterocycles. The van der Waals surface area contributed by atoms with Crippen LogP contribution in [0, 0.1) is 0 Å². The maximum Gasteiger partial charge on any atom is 0.246 e. The third-order valence-corrected chi connectivity index (χ3v) is 7.99. The van der Waals surface area contributed by atoms with Crippen molar-refractivity contribution in [3.8, 4) is 0 Å². The lowest BCUT2D eigenvalue weighted by molar-refractivity contribution is -0.260. The molecule has 0 bridgehead atoms. The number of nitrogens with zero attached hydrogens (tertiary/aromatic N) is 3. The van der Waals surface area contributed by atoms with Crippen molar-refractivity contribution in [3.63, 3.8) is 0 Å². The van der Waals surface area contributed by atoms with Crippen molar-refractivity contribution in [2.75, 3.05) is 46.9 Å². The Morgan fingerprint density at radius 2 is 1.89 bits per heavy atom. The smallest absolute Gasteiger partial charge is 0.246 e. The molecule has 2 amide bonds. The van der Waals surface area contributed by atoms with E-state index in [-0.39, 0.29) is 18.0 Å². The van der Waals surface area contributed by atoms with Crippen molar-refractivity contribution in [1.82, 2.24) is 14.7 Å². The lowest BCUT2D eigenvalue weighted by Gasteiger charge is -2.50. The van der Waals surface area contributed by atoms with E-state index in [2.05, 4.69) is 4.90 Å². The quantitative estimate of drug-likeness (QED) is 0.379. The molecule has 2 fully saturated rings. The minimum atomic E-state index is -0.803. The largest absolute Gasteiger partial charge is 0.389 e. The molecule has 200 valence electrons. The zero-order chi connectivity index (χ0) is 26.3. The number of aliphatic hydroxyl groups excluding tert-OH is 1. The third-order valence-electron chi connectivity index (χ3n) is 7.25. The molecule has 8 nitrogen and oxygen atoms in total. The van der Waals surface area contributed by atoms with Crippen molar-refractivity contribution < 1.29 is 24.2 Å². The van der Waals surface area contributed by atoms with E-state index in [4.69, 9.17) is 32.7 Å². The summed E-state index contributed by atoms with van der Waals surface area (Å²) in [4.78, 5) is 31.0. The number of amides is 2. The third kappa shape index (κ3) is 7.00. The summed E-state index contributed by atoms with van der Waals surface area (Å²) in [5, 5.41) is 11.4. The van der Waals surface area contributed by atoms with Crippen molar-refractivity contribution >= 4 is 41.1 Å². The fourth-order valence-electron chi connectivity index (χ4n) is 4.86. The summed E-state index contributed by atoms with van der Waals surface area (Å²) in [7, 11) is 3.28. The van der Waals surface area contributed by atoms with Crippen LogP contribution in [-0.2, 0) is 19.1 Å². The standard InChI is InChI=1S/C26H37Cl2N3O5/c1-26(36-3)22(32)9-11-25(35-2)31(26)14-5-4-13-29-16-17-30(15-12-24(29)34)23(33)10-7-19-6-8-20(27)21(28)18-19/h6-8,10,18,22,25,32H,4-5,9,11-17H2,1-3H3/b10-7+. The zero-order valence-electron chi connectivity index (χ0n) is 21.3. The molecule has 2 saturated heterocycles. The highest BCUT2D eigenvalue weighted by Gasteiger charge is 2.46. The lowest BCUT2D eigenvalue weighted by atomic mass is 9.94. The number of ether oxygens (including phenoxy) is 2. The van der Waals surface area contributed by atoms with Gasteiger partial charge in [0, 0.05) is 59.4 Å². The van der Waals surface area contributed by atoms with Crippen molar-refractivity contribution in [3.05, 3.63) is 39.9 Å². The molecular formula is C26H37Cl2N3O5. The molecule has 0 spiro atoms. The number of hydrogen-bond acceptors (Lipinski definition) is 6. The molecule has 2 aliphatic rings. The highest BCUT2D eigenvalue weighted by atomic mass is 35.5. The van der Waals surface area contributed by atoms with Gasteiger partial charge in [-0.25, -0.2) is 4.90 Å². The van der Waals surface area contributed by atoms with E-state index in [1.165, 1.54) is 6.08 Å². The number of carbonyl (C=O) groups is 2. The average molecular weight is 543 g/mol. The van der Waals surface area contributed by atoms with Crippen molar-refractivity contribution in [2.45, 2.75) is 57.1 Å². The Kier molecular flexibility index (Phi) is 10.6. The van der Waals surface area contributed by atoms with Gasteiger partial charge in [0.2, 0.25) is 11.8 Å². The fourth-order valence-corrected chi connectivity index (χ4v) is 5.17. The average Bonchev–Trinajstić information content (AvgIpc) is 3.06. The molecule has 0 aromatic heterocycles. The molecule has 1 aromatic carbocycles. The van der Waals surface area contributed by atoms with Crippen LogP contribution < -0.4 is 0 Å². The molecule has 0 aliphatic carbocycles. The number of aliphatic hydroxyl groups is 1. The van der Waals surface area contributed by atoms with Gasteiger partial charge in [-0.2, -0.15) is 0 Å². The number of hydrogen-bond donors (Lipinski definition) is 1. The SMILES string of the molecule is COC1CCC(O)C(C)(OC)N1CCCCN1CCN(C(=O)/C=C/c2ccc(Cl)c(Cl)c2)CCC1=O. The van der Waals surface area contributed by atoms with Crippen LogP contribution in [0.2, 0.25) is 10.0 Å². The number of piperidine rings is 1. The van der Waals surface area contributed by atoms with E-state index in [0.717, 1.165) is 24.8 Å². The second-order valence-corrected chi connectivity index (χ2v) is 10.2. The Morgan fingerprint density at radius 3 is 2.58 bits per heavy atom. The molecular weight excluding hydrogens is 505 g/mol. The minimum absolute atomic E-state index is 0.0589. The Morgan fingerprint density at radius 1 is 1.14 bits per heavy atom. The minimum Gasteiger partial charge on any atom is -0.389 e. The summed E-state index contributed by atoms with van der Waals surface area (Å²) in [5.41, 5.74) is -0.0184. The van der Waals surface area contributed by atoms with Crippen LogP contribution in [0.15, 0.2) is 24.3 Å².